The number of aliphatic hydroxyl groups is 1. The molecule has 12 heteroatoms. The van der Waals surface area contributed by atoms with Gasteiger partial charge in [0.25, 0.3) is 0 Å². The zero-order chi connectivity index (χ0) is 24.1. The number of aromatic nitrogens is 2. The summed E-state index contributed by atoms with van der Waals surface area (Å²) in [5, 5.41) is 23.2. The van der Waals surface area contributed by atoms with Crippen LogP contribution in [0.1, 0.15) is 39.2 Å². The molecule has 10 nitrogen and oxygen atoms in total. The maximum Gasteiger partial charge on any atom is 0.353 e. The summed E-state index contributed by atoms with van der Waals surface area (Å²) in [4.78, 5) is 45.8. The van der Waals surface area contributed by atoms with Gasteiger partial charge in [0.2, 0.25) is 11.8 Å². The third kappa shape index (κ3) is 4.47. The molecule has 3 N–H and O–H groups in total. The first-order valence-electron chi connectivity index (χ1n) is 11.9. The number of β-lactam (4-membered cyclic amide) rings is 1. The van der Waals surface area contributed by atoms with E-state index in [1.807, 2.05) is 24.3 Å². The number of carbonyl (C=O) groups is 3. The molecule has 0 saturated carbocycles. The van der Waals surface area contributed by atoms with Gasteiger partial charge in [-0.15, -0.1) is 24.2 Å². The zero-order valence-corrected chi connectivity index (χ0v) is 21.4. The molecule has 0 spiro atoms. The van der Waals surface area contributed by atoms with E-state index in [-0.39, 0.29) is 53.2 Å². The van der Waals surface area contributed by atoms with E-state index in [1.54, 1.807) is 13.1 Å². The number of amides is 2. The molecule has 5 rings (SSSR count). The lowest BCUT2D eigenvalue weighted by Crippen LogP contribution is -2.63. The lowest BCUT2D eigenvalue weighted by atomic mass is 9.79. The number of aliphatic hydroxyl groups excluding tert-OH is 1. The average molecular weight is 526 g/mol. The summed E-state index contributed by atoms with van der Waals surface area (Å²) >= 11 is 1.47. The van der Waals surface area contributed by atoms with E-state index in [9.17, 15) is 24.6 Å². The first-order chi connectivity index (χ1) is 16.3. The van der Waals surface area contributed by atoms with Crippen LogP contribution in [0.2, 0.25) is 0 Å². The number of carboxylic acids is 1. The van der Waals surface area contributed by atoms with Crippen molar-refractivity contribution in [1.29, 1.82) is 0 Å². The second kappa shape index (κ2) is 10.1. The quantitative estimate of drug-likeness (QED) is 0.471. The zero-order valence-electron chi connectivity index (χ0n) is 19.7. The normalized spacial score (nSPS) is 31.7. The van der Waals surface area contributed by atoms with Crippen LogP contribution in [0.5, 0.6) is 0 Å². The van der Waals surface area contributed by atoms with Gasteiger partial charge >= 0.3 is 5.97 Å². The Hall–Kier alpha value is -2.08. The molecular formula is C23H32ClN5O5S. The molecule has 4 aliphatic rings. The van der Waals surface area contributed by atoms with Crippen LogP contribution in [0.3, 0.4) is 0 Å². The highest BCUT2D eigenvalue weighted by molar-refractivity contribution is 8.03. The van der Waals surface area contributed by atoms with Gasteiger partial charge in [0.05, 0.1) is 30.4 Å². The molecule has 192 valence electrons. The van der Waals surface area contributed by atoms with Crippen molar-refractivity contribution in [3.63, 3.8) is 0 Å². The van der Waals surface area contributed by atoms with Crippen molar-refractivity contribution in [3.05, 3.63) is 29.3 Å². The van der Waals surface area contributed by atoms with E-state index in [0.717, 1.165) is 12.8 Å². The standard InChI is InChI=1S/C23H31N5O5S.ClH/c1-12-18-17(13(2)29)22(31)28(18)19(23(32)33)20(12)34-15-9-16(25-10-15)21(30)26-6-3-14(4-7-26)27-8-5-24-11-27;/h5,8,11-18,25,29H,3-4,6-7,9-10H2,1-2H3,(H,32,33);1H/t12-,13-,15+,16+,17-,18-;/m1./s1. The van der Waals surface area contributed by atoms with Gasteiger partial charge in [-0.3, -0.25) is 9.59 Å². The first-order valence-corrected chi connectivity index (χ1v) is 12.8. The Morgan fingerprint density at radius 2 is 2.00 bits per heavy atom. The largest absolute Gasteiger partial charge is 0.477 e. The Morgan fingerprint density at radius 3 is 2.60 bits per heavy atom. The number of rotatable bonds is 6. The van der Waals surface area contributed by atoms with Crippen molar-refractivity contribution in [3.8, 4) is 0 Å². The van der Waals surface area contributed by atoms with Gasteiger partial charge in [-0.2, -0.15) is 0 Å². The van der Waals surface area contributed by atoms with Crippen LogP contribution >= 0.6 is 24.2 Å². The number of carboxylic acid groups (broad SMARTS) is 1. The van der Waals surface area contributed by atoms with Crippen LogP contribution in [0.15, 0.2) is 29.3 Å². The summed E-state index contributed by atoms with van der Waals surface area (Å²) in [5.41, 5.74) is 0.0424. The van der Waals surface area contributed by atoms with Gasteiger partial charge in [-0.25, -0.2) is 9.78 Å². The topological polar surface area (TPSA) is 128 Å². The van der Waals surface area contributed by atoms with Crippen LogP contribution in [0, 0.1) is 11.8 Å². The van der Waals surface area contributed by atoms with Crippen LogP contribution in [-0.2, 0) is 14.4 Å². The monoisotopic (exact) mass is 525 g/mol. The molecule has 6 atom stereocenters. The highest BCUT2D eigenvalue weighted by Gasteiger charge is 2.60. The van der Waals surface area contributed by atoms with Crippen molar-refractivity contribution in [2.45, 2.75) is 62.6 Å². The van der Waals surface area contributed by atoms with E-state index in [1.165, 1.54) is 16.7 Å². The fourth-order valence-corrected chi connectivity index (χ4v) is 7.41. The minimum atomic E-state index is -1.12. The highest BCUT2D eigenvalue weighted by atomic mass is 35.5. The Kier molecular flexibility index (Phi) is 7.51. The molecule has 1 aromatic heterocycles. The average Bonchev–Trinajstić information content (AvgIpc) is 3.54. The number of piperidine rings is 1. The molecule has 0 bridgehead atoms. The number of nitrogens with one attached hydrogen (secondary N) is 1. The second-order valence-corrected chi connectivity index (χ2v) is 11.1. The summed E-state index contributed by atoms with van der Waals surface area (Å²) in [5.74, 6) is -2.06. The van der Waals surface area contributed by atoms with Gasteiger partial charge in [-0.1, -0.05) is 6.92 Å². The Balaban J connectivity index is 0.00000289. The first kappa shape index (κ1) is 26.0. The smallest absolute Gasteiger partial charge is 0.353 e. The molecule has 0 radical (unpaired) electrons. The number of fused-ring (bicyclic) bond motifs is 1. The number of thioether (sulfide) groups is 1. The van der Waals surface area contributed by atoms with E-state index in [2.05, 4.69) is 14.9 Å². The predicted octanol–water partition coefficient (Wildman–Crippen LogP) is 1.09. The van der Waals surface area contributed by atoms with Crippen LogP contribution in [-0.4, -0.2) is 90.4 Å². The Labute approximate surface area is 214 Å². The van der Waals surface area contributed by atoms with Crippen molar-refractivity contribution < 1.29 is 24.6 Å². The van der Waals surface area contributed by atoms with Gasteiger partial charge < -0.3 is 29.9 Å². The number of imidazole rings is 1. The number of nitrogens with zero attached hydrogens (tertiary/aromatic N) is 4. The van der Waals surface area contributed by atoms with Crippen molar-refractivity contribution in [1.82, 2.24) is 24.7 Å². The van der Waals surface area contributed by atoms with Crippen molar-refractivity contribution >= 4 is 42.0 Å². The number of hydrogen-bond acceptors (Lipinski definition) is 7. The lowest BCUT2D eigenvalue weighted by Gasteiger charge is -2.46. The van der Waals surface area contributed by atoms with Gasteiger partial charge in [0.15, 0.2) is 0 Å². The molecule has 3 fully saturated rings. The molecule has 2 amide bonds. The SMILES string of the molecule is C[C@@H](O)[C@H]1C(=O)N2C(C(=O)O)=C(S[C@@H]3CN[C@H](C(=O)N4CCC(n5ccnc5)CC4)C3)[C@H](C)[C@H]12.Cl. The number of hydrogen-bond donors (Lipinski definition) is 3. The third-order valence-electron chi connectivity index (χ3n) is 7.72. The summed E-state index contributed by atoms with van der Waals surface area (Å²) in [6, 6.07) is -0.225. The summed E-state index contributed by atoms with van der Waals surface area (Å²) in [6.07, 6.45) is 7.16. The van der Waals surface area contributed by atoms with E-state index >= 15 is 0 Å². The molecule has 0 aromatic carbocycles. The summed E-state index contributed by atoms with van der Waals surface area (Å²) in [6.45, 7) is 5.53. The maximum atomic E-state index is 13.1. The van der Waals surface area contributed by atoms with E-state index in [0.29, 0.717) is 37.0 Å². The van der Waals surface area contributed by atoms with Crippen LogP contribution in [0.25, 0.3) is 0 Å². The van der Waals surface area contributed by atoms with Crippen LogP contribution < -0.4 is 5.32 Å². The molecule has 5 heterocycles. The lowest BCUT2D eigenvalue weighted by molar-refractivity contribution is -0.163. The van der Waals surface area contributed by atoms with Gasteiger partial charge in [-0.05, 0) is 26.2 Å². The molecule has 1 aromatic rings. The van der Waals surface area contributed by atoms with Crippen molar-refractivity contribution in [2.24, 2.45) is 11.8 Å². The number of halogens is 1. The van der Waals surface area contributed by atoms with Crippen LogP contribution in [0.4, 0.5) is 0 Å². The minimum Gasteiger partial charge on any atom is -0.477 e. The molecule has 35 heavy (non-hydrogen) atoms. The Bertz CT molecular complexity index is 1010. The van der Waals surface area contributed by atoms with Crippen molar-refractivity contribution in [2.75, 3.05) is 19.6 Å². The summed E-state index contributed by atoms with van der Waals surface area (Å²) < 4.78 is 2.11. The van der Waals surface area contributed by atoms with E-state index < -0.39 is 18.0 Å². The van der Waals surface area contributed by atoms with Gasteiger partial charge in [0.1, 0.15) is 5.70 Å². The number of aliphatic carboxylic acids is 1. The second-order valence-electron chi connectivity index (χ2n) is 9.77. The number of carbonyl (C=O) groups excluding carboxylic acids is 2. The van der Waals surface area contributed by atoms with E-state index in [4.69, 9.17) is 0 Å². The van der Waals surface area contributed by atoms with Gasteiger partial charge in [0, 0.05) is 54.1 Å². The highest BCUT2D eigenvalue weighted by Crippen LogP contribution is 2.51. The molecular weight excluding hydrogens is 494 g/mol. The fraction of sp³-hybridized carbons (Fsp3) is 0.652. The predicted molar refractivity (Wildman–Crippen MR) is 132 cm³/mol. The summed E-state index contributed by atoms with van der Waals surface area (Å²) in [7, 11) is 0. The molecule has 0 aliphatic carbocycles. The maximum absolute atomic E-state index is 13.1. The Morgan fingerprint density at radius 1 is 1.29 bits per heavy atom. The number of likely N-dealkylation sites (tertiary alicyclic amines) is 1. The minimum absolute atomic E-state index is 0. The fourth-order valence-electron chi connectivity index (χ4n) is 5.93. The molecule has 4 aliphatic heterocycles. The molecule has 3 saturated heterocycles. The molecule has 0 unspecified atom stereocenters. The third-order valence-corrected chi connectivity index (χ3v) is 9.23.